The summed E-state index contributed by atoms with van der Waals surface area (Å²) >= 11 is 0. The van der Waals surface area contributed by atoms with Crippen molar-refractivity contribution in [3.63, 3.8) is 0 Å². The van der Waals surface area contributed by atoms with Crippen molar-refractivity contribution in [3.8, 4) is 0 Å². The lowest BCUT2D eigenvalue weighted by molar-refractivity contribution is -0.119. The molecule has 0 spiro atoms. The first kappa shape index (κ1) is 23.1. The van der Waals surface area contributed by atoms with E-state index >= 15 is 0 Å². The summed E-state index contributed by atoms with van der Waals surface area (Å²) in [5.74, 6) is -0.119. The number of carbonyl (C=O) groups is 1. The number of hydrogen-bond acceptors (Lipinski definition) is 6. The van der Waals surface area contributed by atoms with Crippen LogP contribution in [0.4, 0.5) is 0 Å². The number of nitrogens with zero attached hydrogens (tertiary/aromatic N) is 3. The Morgan fingerprint density at radius 2 is 1.77 bits per heavy atom. The van der Waals surface area contributed by atoms with Gasteiger partial charge in [-0.15, -0.1) is 5.10 Å². The van der Waals surface area contributed by atoms with Gasteiger partial charge < -0.3 is 24.7 Å². The summed E-state index contributed by atoms with van der Waals surface area (Å²) in [7, 11) is -10.9. The summed E-state index contributed by atoms with van der Waals surface area (Å²) in [6.07, 6.45) is 2.59. The Labute approximate surface area is 150 Å². The normalized spacial score (nSPS) is 13.2. The number of aromatic nitrogens is 3. The number of aryl methyl sites for hydroxylation is 2. The van der Waals surface area contributed by atoms with Gasteiger partial charge in [0, 0.05) is 25.6 Å². The summed E-state index contributed by atoms with van der Waals surface area (Å²) < 4.78 is 24.1. The highest BCUT2D eigenvalue weighted by atomic mass is 31.2. The van der Waals surface area contributed by atoms with E-state index < -0.39 is 26.7 Å². The molecule has 1 heterocycles. The van der Waals surface area contributed by atoms with E-state index in [4.69, 9.17) is 19.6 Å². The first-order valence-corrected chi connectivity index (χ1v) is 11.4. The lowest BCUT2D eigenvalue weighted by Crippen LogP contribution is -2.28. The molecule has 0 aromatic carbocycles. The minimum absolute atomic E-state index is 0.0709. The maximum Gasteiger partial charge on any atom is 0.369 e. The zero-order valence-electron chi connectivity index (χ0n) is 14.4. The molecule has 1 aromatic heterocycles. The van der Waals surface area contributed by atoms with E-state index in [2.05, 4.69) is 10.3 Å². The zero-order valence-corrected chi connectivity index (χ0v) is 16.2. The SMILES string of the molecule is CCCn1cc(CCC(=O)CCCCC(O)(P(=O)(O)O)P(=O)(O)O)nn1. The van der Waals surface area contributed by atoms with E-state index in [0.717, 1.165) is 13.0 Å². The number of carbonyl (C=O) groups excluding carboxylic acids is 1. The van der Waals surface area contributed by atoms with E-state index in [1.54, 1.807) is 10.9 Å². The van der Waals surface area contributed by atoms with Crippen LogP contribution in [0.2, 0.25) is 0 Å². The number of hydrogen-bond donors (Lipinski definition) is 5. The Morgan fingerprint density at radius 1 is 1.15 bits per heavy atom. The molecule has 150 valence electrons. The van der Waals surface area contributed by atoms with Crippen molar-refractivity contribution in [2.75, 3.05) is 0 Å². The molecule has 0 aliphatic heterocycles. The van der Waals surface area contributed by atoms with E-state index in [1.165, 1.54) is 0 Å². The van der Waals surface area contributed by atoms with E-state index in [-0.39, 0.29) is 31.5 Å². The number of aliphatic hydroxyl groups is 1. The summed E-state index contributed by atoms with van der Waals surface area (Å²) in [6.45, 7) is 2.74. The van der Waals surface area contributed by atoms with Crippen LogP contribution in [0.3, 0.4) is 0 Å². The molecule has 0 fully saturated rings. The van der Waals surface area contributed by atoms with Gasteiger partial charge in [-0.1, -0.05) is 12.1 Å². The molecule has 1 aromatic rings. The highest BCUT2D eigenvalue weighted by Crippen LogP contribution is 2.69. The largest absolute Gasteiger partial charge is 0.369 e. The number of rotatable bonds is 12. The fourth-order valence-corrected chi connectivity index (χ4v) is 4.59. The fourth-order valence-electron chi connectivity index (χ4n) is 2.33. The van der Waals surface area contributed by atoms with Gasteiger partial charge in [0.05, 0.1) is 5.69 Å². The molecule has 0 aliphatic carbocycles. The highest BCUT2D eigenvalue weighted by molar-refractivity contribution is 7.72. The first-order chi connectivity index (χ1) is 11.9. The van der Waals surface area contributed by atoms with Crippen molar-refractivity contribution in [1.82, 2.24) is 15.0 Å². The second-order valence-electron chi connectivity index (χ2n) is 6.08. The number of ketones is 1. The van der Waals surface area contributed by atoms with Crippen molar-refractivity contribution in [2.24, 2.45) is 0 Å². The Hall–Kier alpha value is -0.930. The van der Waals surface area contributed by atoms with Crippen LogP contribution in [-0.2, 0) is 26.9 Å². The Morgan fingerprint density at radius 3 is 2.31 bits per heavy atom. The molecule has 0 atom stereocenters. The van der Waals surface area contributed by atoms with E-state index in [9.17, 15) is 19.0 Å². The second-order valence-corrected chi connectivity index (χ2v) is 10.1. The fraction of sp³-hybridized carbons (Fsp3) is 0.769. The molecule has 0 saturated carbocycles. The van der Waals surface area contributed by atoms with Gasteiger partial charge in [0.2, 0.25) is 0 Å². The standard InChI is InChI=1S/C13H25N3O8P2/c1-2-9-16-10-11(14-15-16)6-7-12(17)5-3-4-8-13(18,25(19,20)21)26(22,23)24/h10,18H,2-9H2,1H3,(H2,19,20,21)(H2,22,23,24). The van der Waals surface area contributed by atoms with Gasteiger partial charge in [0.1, 0.15) is 5.78 Å². The van der Waals surface area contributed by atoms with Crippen LogP contribution in [0.25, 0.3) is 0 Å². The quantitative estimate of drug-likeness (QED) is 0.242. The predicted molar refractivity (Wildman–Crippen MR) is 91.1 cm³/mol. The maximum atomic E-state index is 11.8. The molecular weight excluding hydrogens is 388 g/mol. The topological polar surface area (TPSA) is 183 Å². The lowest BCUT2D eigenvalue weighted by atomic mass is 10.1. The van der Waals surface area contributed by atoms with Crippen molar-refractivity contribution in [1.29, 1.82) is 0 Å². The van der Waals surface area contributed by atoms with Gasteiger partial charge in [-0.2, -0.15) is 0 Å². The summed E-state index contributed by atoms with van der Waals surface area (Å²) in [6, 6.07) is 0. The molecule has 0 amide bonds. The molecule has 26 heavy (non-hydrogen) atoms. The predicted octanol–water partition coefficient (Wildman–Crippen LogP) is 0.752. The van der Waals surface area contributed by atoms with Crippen LogP contribution in [0.15, 0.2) is 6.20 Å². The first-order valence-electron chi connectivity index (χ1n) is 8.15. The molecule has 13 heteroatoms. The van der Waals surface area contributed by atoms with Crippen molar-refractivity contribution in [3.05, 3.63) is 11.9 Å². The van der Waals surface area contributed by atoms with Crippen LogP contribution in [0.5, 0.6) is 0 Å². The third-order valence-corrected chi connectivity index (χ3v) is 7.73. The minimum Gasteiger partial charge on any atom is -0.368 e. The van der Waals surface area contributed by atoms with Gasteiger partial charge in [-0.25, -0.2) is 0 Å². The average molecular weight is 413 g/mol. The van der Waals surface area contributed by atoms with Crippen LogP contribution in [0.1, 0.15) is 51.1 Å². The smallest absolute Gasteiger partial charge is 0.368 e. The van der Waals surface area contributed by atoms with E-state index in [0.29, 0.717) is 12.1 Å². The third-order valence-electron chi connectivity index (χ3n) is 3.85. The number of Topliss-reactive ketones (excluding diaryl/α,β-unsaturated/α-hetero) is 1. The molecule has 0 saturated heterocycles. The summed E-state index contributed by atoms with van der Waals surface area (Å²) in [5, 5.41) is 14.2. The molecule has 11 nitrogen and oxygen atoms in total. The second kappa shape index (κ2) is 9.32. The van der Waals surface area contributed by atoms with Gasteiger partial charge >= 0.3 is 15.2 Å². The molecule has 0 bridgehead atoms. The van der Waals surface area contributed by atoms with E-state index in [1.807, 2.05) is 6.92 Å². The van der Waals surface area contributed by atoms with Crippen LogP contribution >= 0.6 is 15.2 Å². The highest BCUT2D eigenvalue weighted by Gasteiger charge is 2.58. The van der Waals surface area contributed by atoms with Crippen molar-refractivity contribution >= 4 is 21.0 Å². The molecule has 0 radical (unpaired) electrons. The molecule has 0 aliphatic rings. The molecule has 0 unspecified atom stereocenters. The van der Waals surface area contributed by atoms with Crippen LogP contribution in [0, 0.1) is 0 Å². The average Bonchev–Trinajstić information content (AvgIpc) is 2.95. The lowest BCUT2D eigenvalue weighted by Gasteiger charge is -2.29. The molecule has 5 N–H and O–H groups in total. The third kappa shape index (κ3) is 6.35. The van der Waals surface area contributed by atoms with Crippen molar-refractivity contribution in [2.45, 2.75) is 63.5 Å². The minimum atomic E-state index is -5.44. The van der Waals surface area contributed by atoms with Crippen molar-refractivity contribution < 1.29 is 38.6 Å². The molecular formula is C13H25N3O8P2. The van der Waals surface area contributed by atoms with Gasteiger partial charge in [-0.3, -0.25) is 18.6 Å². The van der Waals surface area contributed by atoms with Gasteiger partial charge in [0.15, 0.2) is 0 Å². The number of unbranched alkanes of at least 4 members (excludes halogenated alkanes) is 1. The Bertz CT molecular complexity index is 673. The summed E-state index contributed by atoms with van der Waals surface area (Å²) in [4.78, 5) is 47.9. The Kier molecular flexibility index (Phi) is 8.29. The van der Waals surface area contributed by atoms with Gasteiger partial charge in [0.25, 0.3) is 5.08 Å². The zero-order chi connectivity index (χ0) is 20.0. The maximum absolute atomic E-state index is 11.8. The Balaban J connectivity index is 2.41. The molecule has 1 rings (SSSR count). The van der Waals surface area contributed by atoms with Gasteiger partial charge in [-0.05, 0) is 32.1 Å². The van der Waals surface area contributed by atoms with Crippen LogP contribution in [-0.4, -0.2) is 50.5 Å². The summed E-state index contributed by atoms with van der Waals surface area (Å²) in [5.41, 5.74) is 0.684. The monoisotopic (exact) mass is 413 g/mol. The van der Waals surface area contributed by atoms with Crippen LogP contribution < -0.4 is 0 Å².